The van der Waals surface area contributed by atoms with E-state index in [1.165, 1.54) is 37.8 Å². The lowest BCUT2D eigenvalue weighted by atomic mass is 9.86. The lowest BCUT2D eigenvalue weighted by molar-refractivity contribution is -0.137. The molecule has 0 N–H and O–H groups in total. The van der Waals surface area contributed by atoms with Gasteiger partial charge in [-0.15, -0.1) is 0 Å². The quantitative estimate of drug-likeness (QED) is 0.801. The molecule has 4 rings (SSSR count). The third kappa shape index (κ3) is 3.55. The summed E-state index contributed by atoms with van der Waals surface area (Å²) in [6.45, 7) is 2.36. The number of hydrogen-bond acceptors (Lipinski definition) is 2. The summed E-state index contributed by atoms with van der Waals surface area (Å²) in [6, 6.07) is 5.46. The Morgan fingerprint density at radius 1 is 1.08 bits per heavy atom. The summed E-state index contributed by atoms with van der Waals surface area (Å²) in [5, 5.41) is 0. The van der Waals surface area contributed by atoms with Gasteiger partial charge in [-0.1, -0.05) is 12.5 Å². The van der Waals surface area contributed by atoms with Crippen molar-refractivity contribution in [2.45, 2.75) is 38.3 Å². The Balaban J connectivity index is 1.32. The SMILES string of the molecule is O=C(C[C@@H]1C[C@H]2CC[C@@H]1C2)N1CCN(c2cccc(C(F)(F)F)c2)CC1. The summed E-state index contributed by atoms with van der Waals surface area (Å²) in [7, 11) is 0. The van der Waals surface area contributed by atoms with Crippen molar-refractivity contribution in [3.63, 3.8) is 0 Å². The normalized spacial score (nSPS) is 28.7. The van der Waals surface area contributed by atoms with Gasteiger partial charge >= 0.3 is 6.18 Å². The second kappa shape index (κ2) is 6.78. The van der Waals surface area contributed by atoms with E-state index in [2.05, 4.69) is 0 Å². The average molecular weight is 366 g/mol. The lowest BCUT2D eigenvalue weighted by Gasteiger charge is -2.37. The van der Waals surface area contributed by atoms with Crippen LogP contribution < -0.4 is 4.90 Å². The van der Waals surface area contributed by atoms with E-state index in [9.17, 15) is 18.0 Å². The minimum absolute atomic E-state index is 0.228. The van der Waals surface area contributed by atoms with Crippen LogP contribution in [0.5, 0.6) is 0 Å². The summed E-state index contributed by atoms with van der Waals surface area (Å²) in [4.78, 5) is 16.5. The highest BCUT2D eigenvalue weighted by Gasteiger charge is 2.40. The molecule has 0 spiro atoms. The van der Waals surface area contributed by atoms with Crippen LogP contribution in [-0.4, -0.2) is 37.0 Å². The maximum Gasteiger partial charge on any atom is 0.416 e. The number of fused-ring (bicyclic) bond motifs is 2. The first-order chi connectivity index (χ1) is 12.4. The van der Waals surface area contributed by atoms with Crippen molar-refractivity contribution in [3.05, 3.63) is 29.8 Å². The molecule has 6 heteroatoms. The molecule has 2 saturated carbocycles. The number of rotatable bonds is 3. The highest BCUT2D eigenvalue weighted by atomic mass is 19.4. The van der Waals surface area contributed by atoms with Gasteiger partial charge in [0.15, 0.2) is 0 Å². The fourth-order valence-electron chi connectivity index (χ4n) is 5.07. The van der Waals surface area contributed by atoms with Crippen LogP contribution in [-0.2, 0) is 11.0 Å². The molecule has 1 saturated heterocycles. The van der Waals surface area contributed by atoms with E-state index in [1.54, 1.807) is 6.07 Å². The second-order valence-corrected chi connectivity index (χ2v) is 8.05. The van der Waals surface area contributed by atoms with E-state index in [1.807, 2.05) is 9.80 Å². The van der Waals surface area contributed by atoms with Crippen molar-refractivity contribution in [2.24, 2.45) is 17.8 Å². The van der Waals surface area contributed by atoms with Crippen LogP contribution in [0.15, 0.2) is 24.3 Å². The fraction of sp³-hybridized carbons (Fsp3) is 0.650. The van der Waals surface area contributed by atoms with Crippen molar-refractivity contribution in [3.8, 4) is 0 Å². The molecule has 0 unspecified atom stereocenters. The number of carbonyl (C=O) groups is 1. The van der Waals surface area contributed by atoms with Gasteiger partial charge in [0.05, 0.1) is 5.56 Å². The summed E-state index contributed by atoms with van der Waals surface area (Å²) < 4.78 is 38.7. The molecule has 2 bridgehead atoms. The number of benzene rings is 1. The van der Waals surface area contributed by atoms with Crippen LogP contribution in [0.4, 0.5) is 18.9 Å². The smallest absolute Gasteiger partial charge is 0.368 e. The first-order valence-corrected chi connectivity index (χ1v) is 9.60. The third-order valence-corrected chi connectivity index (χ3v) is 6.49. The number of anilines is 1. The number of piperazine rings is 1. The van der Waals surface area contributed by atoms with E-state index < -0.39 is 11.7 Å². The largest absolute Gasteiger partial charge is 0.416 e. The third-order valence-electron chi connectivity index (χ3n) is 6.49. The predicted molar refractivity (Wildman–Crippen MR) is 93.8 cm³/mol. The molecule has 3 atom stereocenters. The van der Waals surface area contributed by atoms with Gasteiger partial charge in [0.25, 0.3) is 0 Å². The van der Waals surface area contributed by atoms with E-state index in [0.717, 1.165) is 17.9 Å². The number of alkyl halides is 3. The monoisotopic (exact) mass is 366 g/mol. The second-order valence-electron chi connectivity index (χ2n) is 8.05. The van der Waals surface area contributed by atoms with Gasteiger partial charge < -0.3 is 9.80 Å². The zero-order valence-corrected chi connectivity index (χ0v) is 14.8. The Hall–Kier alpha value is -1.72. The van der Waals surface area contributed by atoms with Crippen molar-refractivity contribution < 1.29 is 18.0 Å². The van der Waals surface area contributed by atoms with Crippen LogP contribution in [0.3, 0.4) is 0 Å². The number of hydrogen-bond donors (Lipinski definition) is 0. The molecule has 3 nitrogen and oxygen atoms in total. The Kier molecular flexibility index (Phi) is 4.61. The van der Waals surface area contributed by atoms with Crippen molar-refractivity contribution in [1.29, 1.82) is 0 Å². The van der Waals surface area contributed by atoms with Gasteiger partial charge in [-0.25, -0.2) is 0 Å². The summed E-state index contributed by atoms with van der Waals surface area (Å²) in [5.74, 6) is 2.37. The zero-order chi connectivity index (χ0) is 18.3. The molecular weight excluding hydrogens is 341 g/mol. The van der Waals surface area contributed by atoms with Gasteiger partial charge in [-0.05, 0) is 55.2 Å². The Bertz CT molecular complexity index is 667. The number of nitrogens with zero attached hydrogens (tertiary/aromatic N) is 2. The van der Waals surface area contributed by atoms with Crippen molar-refractivity contribution >= 4 is 11.6 Å². The Morgan fingerprint density at radius 3 is 2.46 bits per heavy atom. The summed E-state index contributed by atoms with van der Waals surface area (Å²) in [6.07, 6.45) is 1.47. The molecule has 26 heavy (non-hydrogen) atoms. The minimum Gasteiger partial charge on any atom is -0.368 e. The van der Waals surface area contributed by atoms with Crippen molar-refractivity contribution in [1.82, 2.24) is 4.90 Å². The first kappa shape index (κ1) is 17.7. The lowest BCUT2D eigenvalue weighted by Crippen LogP contribution is -2.49. The zero-order valence-electron chi connectivity index (χ0n) is 14.8. The molecule has 3 aliphatic rings. The number of amides is 1. The van der Waals surface area contributed by atoms with Crippen LogP contribution in [0.1, 0.15) is 37.7 Å². The van der Waals surface area contributed by atoms with E-state index >= 15 is 0 Å². The molecule has 3 fully saturated rings. The molecule has 0 aromatic heterocycles. The van der Waals surface area contributed by atoms with Crippen LogP contribution in [0.2, 0.25) is 0 Å². The molecule has 2 aliphatic carbocycles. The van der Waals surface area contributed by atoms with Crippen LogP contribution >= 0.6 is 0 Å². The van der Waals surface area contributed by atoms with Crippen molar-refractivity contribution in [2.75, 3.05) is 31.1 Å². The molecule has 1 aliphatic heterocycles. The molecular formula is C20H25F3N2O. The summed E-state index contributed by atoms with van der Waals surface area (Å²) >= 11 is 0. The molecule has 142 valence electrons. The Morgan fingerprint density at radius 2 is 1.85 bits per heavy atom. The molecule has 1 heterocycles. The maximum absolute atomic E-state index is 12.9. The maximum atomic E-state index is 12.9. The average Bonchev–Trinajstić information content (AvgIpc) is 3.24. The highest BCUT2D eigenvalue weighted by Crippen LogP contribution is 2.49. The molecule has 1 amide bonds. The molecule has 1 aromatic rings. The van der Waals surface area contributed by atoms with Gasteiger partial charge in [0, 0.05) is 38.3 Å². The molecule has 1 aromatic carbocycles. The van der Waals surface area contributed by atoms with Gasteiger partial charge in [-0.2, -0.15) is 13.2 Å². The van der Waals surface area contributed by atoms with E-state index in [4.69, 9.17) is 0 Å². The standard InChI is InChI=1S/C20H25F3N2O/c21-20(22,23)17-2-1-3-18(13-17)24-6-8-25(9-7-24)19(26)12-16-11-14-4-5-15(16)10-14/h1-3,13-16H,4-12H2/t14-,15+,16-/m0/s1. The number of carbonyl (C=O) groups excluding carboxylic acids is 1. The van der Waals surface area contributed by atoms with Gasteiger partial charge in [0.2, 0.25) is 5.91 Å². The highest BCUT2D eigenvalue weighted by molar-refractivity contribution is 5.77. The van der Waals surface area contributed by atoms with Crippen LogP contribution in [0, 0.1) is 17.8 Å². The first-order valence-electron chi connectivity index (χ1n) is 9.60. The summed E-state index contributed by atoms with van der Waals surface area (Å²) in [5.41, 5.74) is -0.0372. The predicted octanol–water partition coefficient (Wildman–Crippen LogP) is 4.18. The van der Waals surface area contributed by atoms with E-state index in [0.29, 0.717) is 44.2 Å². The van der Waals surface area contributed by atoms with Gasteiger partial charge in [0.1, 0.15) is 0 Å². The fourth-order valence-corrected chi connectivity index (χ4v) is 5.07. The van der Waals surface area contributed by atoms with E-state index in [-0.39, 0.29) is 5.91 Å². The van der Waals surface area contributed by atoms with Crippen LogP contribution in [0.25, 0.3) is 0 Å². The molecule has 0 radical (unpaired) electrons. The number of halogens is 3. The topological polar surface area (TPSA) is 23.6 Å². The minimum atomic E-state index is -4.32. The van der Waals surface area contributed by atoms with Gasteiger partial charge in [-0.3, -0.25) is 4.79 Å². The Labute approximate surface area is 152 Å².